The first-order valence-corrected chi connectivity index (χ1v) is 11.3. The van der Waals surface area contributed by atoms with Crippen LogP contribution in [0.4, 0.5) is 0 Å². The molecule has 1 aromatic rings. The second kappa shape index (κ2) is 14.4. The number of ether oxygens (including phenoxy) is 2. The van der Waals surface area contributed by atoms with Gasteiger partial charge >= 0.3 is 0 Å². The Morgan fingerprint density at radius 1 is 1.03 bits per heavy atom. The van der Waals surface area contributed by atoms with Gasteiger partial charge in [-0.15, -0.1) is 0 Å². The van der Waals surface area contributed by atoms with Gasteiger partial charge in [-0.25, -0.2) is 4.98 Å². The van der Waals surface area contributed by atoms with Gasteiger partial charge in [-0.1, -0.05) is 33.6 Å². The highest BCUT2D eigenvalue weighted by molar-refractivity contribution is 5.31. The maximum atomic E-state index is 5.92. The van der Waals surface area contributed by atoms with Crippen LogP contribution in [-0.4, -0.2) is 72.9 Å². The first kappa shape index (κ1) is 25.4. The van der Waals surface area contributed by atoms with E-state index in [1.807, 2.05) is 39.8 Å². The van der Waals surface area contributed by atoms with E-state index in [4.69, 9.17) is 9.47 Å². The SMILES string of the molecule is CC.CC.CC(C)OC1CC(Oc2ccc(C#CCN3CCN(C)CC3)nc2)C1. The minimum Gasteiger partial charge on any atom is -0.489 e. The molecule has 0 unspecified atom stereocenters. The molecule has 5 heteroatoms. The van der Waals surface area contributed by atoms with Crippen LogP contribution in [0.3, 0.4) is 0 Å². The Bertz CT molecular complexity index is 593. The number of hydrogen-bond donors (Lipinski definition) is 0. The topological polar surface area (TPSA) is 37.8 Å². The molecule has 0 atom stereocenters. The second-order valence-electron chi connectivity index (χ2n) is 7.28. The van der Waals surface area contributed by atoms with Crippen LogP contribution in [0.25, 0.3) is 0 Å². The van der Waals surface area contributed by atoms with Gasteiger partial charge < -0.3 is 14.4 Å². The van der Waals surface area contributed by atoms with Crippen molar-refractivity contribution in [3.05, 3.63) is 24.0 Å². The fourth-order valence-corrected chi connectivity index (χ4v) is 3.07. The molecule has 0 radical (unpaired) electrons. The monoisotopic (exact) mass is 403 g/mol. The molecule has 0 bridgehead atoms. The molecule has 29 heavy (non-hydrogen) atoms. The van der Waals surface area contributed by atoms with E-state index in [1.54, 1.807) is 6.20 Å². The quantitative estimate of drug-likeness (QED) is 0.693. The van der Waals surface area contributed by atoms with Gasteiger partial charge in [0, 0.05) is 39.0 Å². The molecule has 1 saturated heterocycles. The van der Waals surface area contributed by atoms with Crippen molar-refractivity contribution in [1.29, 1.82) is 0 Å². The molecule has 5 nitrogen and oxygen atoms in total. The highest BCUT2D eigenvalue weighted by atomic mass is 16.5. The summed E-state index contributed by atoms with van der Waals surface area (Å²) in [6.07, 6.45) is 4.58. The number of aromatic nitrogens is 1. The van der Waals surface area contributed by atoms with Gasteiger partial charge in [0.15, 0.2) is 0 Å². The number of likely N-dealkylation sites (N-methyl/N-ethyl adjacent to an activating group) is 1. The van der Waals surface area contributed by atoms with Crippen molar-refractivity contribution < 1.29 is 9.47 Å². The van der Waals surface area contributed by atoms with E-state index in [9.17, 15) is 0 Å². The molecule has 0 aromatic carbocycles. The van der Waals surface area contributed by atoms with Gasteiger partial charge in [-0.3, -0.25) is 4.90 Å². The van der Waals surface area contributed by atoms with Gasteiger partial charge in [0.25, 0.3) is 0 Å². The van der Waals surface area contributed by atoms with Crippen LogP contribution >= 0.6 is 0 Å². The Hall–Kier alpha value is -1.61. The molecule has 2 heterocycles. The van der Waals surface area contributed by atoms with Crippen molar-refractivity contribution in [3.63, 3.8) is 0 Å². The molecule has 164 valence electrons. The van der Waals surface area contributed by atoms with Crippen LogP contribution < -0.4 is 4.74 Å². The Kier molecular flexibility index (Phi) is 12.6. The van der Waals surface area contributed by atoms with Crippen LogP contribution in [0.1, 0.15) is 60.1 Å². The minimum atomic E-state index is 0.250. The van der Waals surface area contributed by atoms with E-state index >= 15 is 0 Å². The molecule has 2 aliphatic rings. The predicted octanol–water partition coefficient (Wildman–Crippen LogP) is 4.07. The lowest BCUT2D eigenvalue weighted by Gasteiger charge is -2.36. The molecule has 1 aliphatic heterocycles. The third-order valence-electron chi connectivity index (χ3n) is 4.67. The Morgan fingerprint density at radius 2 is 1.69 bits per heavy atom. The average molecular weight is 404 g/mol. The molecular formula is C24H41N3O2. The lowest BCUT2D eigenvalue weighted by Crippen LogP contribution is -2.44. The van der Waals surface area contributed by atoms with Crippen LogP contribution in [0.5, 0.6) is 5.75 Å². The maximum absolute atomic E-state index is 5.92. The molecule has 3 rings (SSSR count). The van der Waals surface area contributed by atoms with E-state index in [-0.39, 0.29) is 12.2 Å². The van der Waals surface area contributed by atoms with Crippen molar-refractivity contribution in [1.82, 2.24) is 14.8 Å². The number of piperazine rings is 1. The summed E-state index contributed by atoms with van der Waals surface area (Å²) in [4.78, 5) is 9.13. The van der Waals surface area contributed by atoms with Gasteiger partial charge in [0.1, 0.15) is 17.5 Å². The lowest BCUT2D eigenvalue weighted by molar-refractivity contribution is -0.0850. The zero-order valence-corrected chi connectivity index (χ0v) is 19.6. The number of rotatable bonds is 5. The lowest BCUT2D eigenvalue weighted by atomic mass is 9.92. The molecule has 1 saturated carbocycles. The van der Waals surface area contributed by atoms with E-state index in [1.165, 1.54) is 0 Å². The van der Waals surface area contributed by atoms with Crippen LogP contribution in [0.2, 0.25) is 0 Å². The molecular weight excluding hydrogens is 362 g/mol. The first-order chi connectivity index (χ1) is 14.1. The summed E-state index contributed by atoms with van der Waals surface area (Å²) in [7, 11) is 2.16. The Balaban J connectivity index is 0.000000989. The summed E-state index contributed by atoms with van der Waals surface area (Å²) in [6, 6.07) is 3.90. The van der Waals surface area contributed by atoms with Crippen molar-refractivity contribution in [2.75, 3.05) is 39.8 Å². The van der Waals surface area contributed by atoms with Crippen molar-refractivity contribution >= 4 is 0 Å². The fraction of sp³-hybridized carbons (Fsp3) is 0.708. The molecule has 1 aliphatic carbocycles. The van der Waals surface area contributed by atoms with Crippen molar-refractivity contribution in [2.45, 2.75) is 72.7 Å². The largest absolute Gasteiger partial charge is 0.489 e. The summed E-state index contributed by atoms with van der Waals surface area (Å²) in [5, 5.41) is 0. The normalized spacial score (nSPS) is 21.5. The summed E-state index contributed by atoms with van der Waals surface area (Å²) in [5.74, 6) is 7.20. The molecule has 2 fully saturated rings. The molecule has 0 spiro atoms. The van der Waals surface area contributed by atoms with Gasteiger partial charge in [0.2, 0.25) is 0 Å². The summed E-state index contributed by atoms with van der Waals surface area (Å²) in [5.41, 5.74) is 0.802. The zero-order valence-electron chi connectivity index (χ0n) is 19.6. The third-order valence-corrected chi connectivity index (χ3v) is 4.67. The zero-order chi connectivity index (χ0) is 21.6. The molecule has 1 aromatic heterocycles. The predicted molar refractivity (Wildman–Crippen MR) is 121 cm³/mol. The number of pyridine rings is 1. The highest BCUT2D eigenvalue weighted by Crippen LogP contribution is 2.28. The fourth-order valence-electron chi connectivity index (χ4n) is 3.07. The van der Waals surface area contributed by atoms with Gasteiger partial charge in [-0.2, -0.15) is 0 Å². The molecule has 0 N–H and O–H groups in total. The minimum absolute atomic E-state index is 0.250. The van der Waals surface area contributed by atoms with Crippen molar-refractivity contribution in [2.24, 2.45) is 0 Å². The molecule has 0 amide bonds. The Labute approximate surface area is 178 Å². The van der Waals surface area contributed by atoms with Crippen molar-refractivity contribution in [3.8, 4) is 17.6 Å². The van der Waals surface area contributed by atoms with E-state index in [0.29, 0.717) is 6.10 Å². The van der Waals surface area contributed by atoms with E-state index in [2.05, 4.69) is 47.5 Å². The summed E-state index contributed by atoms with van der Waals surface area (Å²) >= 11 is 0. The van der Waals surface area contributed by atoms with Crippen LogP contribution in [0, 0.1) is 11.8 Å². The smallest absolute Gasteiger partial charge is 0.138 e. The number of nitrogens with zero attached hydrogens (tertiary/aromatic N) is 3. The first-order valence-electron chi connectivity index (χ1n) is 11.3. The second-order valence-corrected chi connectivity index (χ2v) is 7.28. The third kappa shape index (κ3) is 9.62. The van der Waals surface area contributed by atoms with Gasteiger partial charge in [0.05, 0.1) is 24.9 Å². The number of hydrogen-bond acceptors (Lipinski definition) is 5. The standard InChI is InChI=1S/C20H29N3O2.2C2H6/c1-16(2)24-19-13-20(14-19)25-18-7-6-17(21-15-18)5-4-8-23-11-9-22(3)10-12-23;2*1-2/h6-7,15-16,19-20H,8-14H2,1-3H3;2*1-2H3. The maximum Gasteiger partial charge on any atom is 0.138 e. The average Bonchev–Trinajstić information content (AvgIpc) is 2.72. The van der Waals surface area contributed by atoms with Gasteiger partial charge in [-0.05, 0) is 38.9 Å². The van der Waals surface area contributed by atoms with E-state index < -0.39 is 0 Å². The summed E-state index contributed by atoms with van der Waals surface area (Å²) < 4.78 is 11.7. The highest BCUT2D eigenvalue weighted by Gasteiger charge is 2.32. The summed E-state index contributed by atoms with van der Waals surface area (Å²) in [6.45, 7) is 17.4. The van der Waals surface area contributed by atoms with E-state index in [0.717, 1.165) is 57.0 Å². The van der Waals surface area contributed by atoms with Crippen LogP contribution in [-0.2, 0) is 4.74 Å². The van der Waals surface area contributed by atoms with Crippen LogP contribution in [0.15, 0.2) is 18.3 Å². The Morgan fingerprint density at radius 3 is 2.24 bits per heavy atom.